The van der Waals surface area contributed by atoms with Crippen LogP contribution >= 0.6 is 11.3 Å². The van der Waals surface area contributed by atoms with Gasteiger partial charge in [-0.2, -0.15) is 0 Å². The van der Waals surface area contributed by atoms with Crippen molar-refractivity contribution in [3.8, 4) is 0 Å². The minimum absolute atomic E-state index is 0.0295. The van der Waals surface area contributed by atoms with Gasteiger partial charge >= 0.3 is 0 Å². The largest absolute Gasteiger partial charge is 0.342 e. The van der Waals surface area contributed by atoms with E-state index in [9.17, 15) is 9.59 Å². The number of nitrogens with zero attached hydrogens (tertiary/aromatic N) is 5. The Morgan fingerprint density at radius 1 is 1.20 bits per heavy atom. The molecule has 1 aromatic carbocycles. The van der Waals surface area contributed by atoms with Crippen molar-refractivity contribution in [1.29, 1.82) is 0 Å². The van der Waals surface area contributed by atoms with E-state index in [2.05, 4.69) is 60.3 Å². The van der Waals surface area contributed by atoms with Gasteiger partial charge in [0.15, 0.2) is 11.2 Å². The fourth-order valence-corrected chi connectivity index (χ4v) is 5.25. The molecule has 5 rings (SSSR count). The Morgan fingerprint density at radius 3 is 2.71 bits per heavy atom. The van der Waals surface area contributed by atoms with Crippen molar-refractivity contribution in [2.45, 2.75) is 57.9 Å². The molecular weight excluding hydrogens is 460 g/mol. The number of H-pyrrole nitrogens is 1. The number of carbonyl (C=O) groups is 1. The number of amides is 1. The first-order chi connectivity index (χ1) is 16.8. The minimum atomic E-state index is -0.287. The van der Waals surface area contributed by atoms with E-state index >= 15 is 0 Å². The van der Waals surface area contributed by atoms with Gasteiger partial charge in [0.2, 0.25) is 5.91 Å². The molecule has 1 saturated heterocycles. The molecule has 0 saturated carbocycles. The second kappa shape index (κ2) is 9.37. The van der Waals surface area contributed by atoms with Gasteiger partial charge in [-0.1, -0.05) is 56.3 Å². The maximum atomic E-state index is 13.1. The zero-order chi connectivity index (χ0) is 24.6. The molecule has 3 aromatic heterocycles. The Labute approximate surface area is 208 Å². The standard InChI is InChI=1S/C26H30N6O2S/c1-26(2,3)19-10-8-17(9-11-19)14-21(33)31-12-4-6-18(15-31)23-27-24-22(25(34)28-23)29-30-32(24)16-20-7-5-13-35-20/h5,7-11,13,18H,4,6,12,14-16H2,1-3H3,(H,27,28,34)/t18-/m1/s1. The zero-order valence-corrected chi connectivity index (χ0v) is 21.1. The molecule has 4 heterocycles. The average Bonchev–Trinajstić information content (AvgIpc) is 3.50. The summed E-state index contributed by atoms with van der Waals surface area (Å²) in [5.41, 5.74) is 2.80. The number of aromatic nitrogens is 5. The average molecular weight is 491 g/mol. The summed E-state index contributed by atoms with van der Waals surface area (Å²) in [6.07, 6.45) is 2.11. The summed E-state index contributed by atoms with van der Waals surface area (Å²) in [6.45, 7) is 8.33. The fraction of sp³-hybridized carbons (Fsp3) is 0.423. The van der Waals surface area contributed by atoms with E-state index in [1.807, 2.05) is 22.4 Å². The van der Waals surface area contributed by atoms with Gasteiger partial charge in [-0.25, -0.2) is 9.67 Å². The van der Waals surface area contributed by atoms with E-state index in [4.69, 9.17) is 4.98 Å². The third kappa shape index (κ3) is 5.05. The van der Waals surface area contributed by atoms with Gasteiger partial charge in [0.25, 0.3) is 5.56 Å². The molecule has 1 N–H and O–H groups in total. The first-order valence-corrected chi connectivity index (χ1v) is 12.9. The highest BCUT2D eigenvalue weighted by Gasteiger charge is 2.27. The van der Waals surface area contributed by atoms with Crippen molar-refractivity contribution in [2.24, 2.45) is 0 Å². The smallest absolute Gasteiger partial charge is 0.281 e. The number of fused-ring (bicyclic) bond motifs is 1. The molecule has 1 amide bonds. The molecule has 0 unspecified atom stereocenters. The summed E-state index contributed by atoms with van der Waals surface area (Å²) >= 11 is 1.63. The maximum Gasteiger partial charge on any atom is 0.281 e. The number of hydrogen-bond donors (Lipinski definition) is 1. The van der Waals surface area contributed by atoms with E-state index in [1.165, 1.54) is 5.56 Å². The Hall–Kier alpha value is -3.33. The van der Waals surface area contributed by atoms with Crippen LogP contribution in [0, 0.1) is 0 Å². The van der Waals surface area contributed by atoms with Crippen LogP contribution in [0.5, 0.6) is 0 Å². The van der Waals surface area contributed by atoms with Crippen LogP contribution in [-0.4, -0.2) is 48.9 Å². The van der Waals surface area contributed by atoms with E-state index in [0.29, 0.717) is 31.0 Å². The number of nitrogens with one attached hydrogen (secondary N) is 1. The van der Waals surface area contributed by atoms with Crippen LogP contribution in [0.15, 0.2) is 46.6 Å². The van der Waals surface area contributed by atoms with Gasteiger partial charge in [-0.15, -0.1) is 16.4 Å². The normalized spacial score (nSPS) is 16.7. The Bertz CT molecular complexity index is 1380. The highest BCUT2D eigenvalue weighted by atomic mass is 32.1. The Kier molecular flexibility index (Phi) is 6.27. The lowest BCUT2D eigenvalue weighted by Crippen LogP contribution is -2.40. The number of benzene rings is 1. The molecule has 9 heteroatoms. The Morgan fingerprint density at radius 2 is 2.00 bits per heavy atom. The molecule has 0 radical (unpaired) electrons. The molecular formula is C26H30N6O2S. The monoisotopic (exact) mass is 490 g/mol. The molecule has 1 atom stereocenters. The molecule has 4 aromatic rings. The van der Waals surface area contributed by atoms with Crippen molar-refractivity contribution in [1.82, 2.24) is 29.9 Å². The van der Waals surface area contributed by atoms with E-state index in [-0.39, 0.29) is 28.3 Å². The summed E-state index contributed by atoms with van der Waals surface area (Å²) in [5.74, 6) is 0.674. The number of likely N-dealkylation sites (tertiary alicyclic amines) is 1. The van der Waals surface area contributed by atoms with E-state index in [1.54, 1.807) is 16.0 Å². The van der Waals surface area contributed by atoms with Crippen molar-refractivity contribution < 1.29 is 4.79 Å². The van der Waals surface area contributed by atoms with Crippen LogP contribution in [0.4, 0.5) is 0 Å². The van der Waals surface area contributed by atoms with Gasteiger partial charge in [-0.05, 0) is 40.8 Å². The van der Waals surface area contributed by atoms with Crippen molar-refractivity contribution >= 4 is 28.4 Å². The summed E-state index contributed by atoms with van der Waals surface area (Å²) in [5, 5.41) is 10.2. The van der Waals surface area contributed by atoms with Gasteiger partial charge in [-0.3, -0.25) is 9.59 Å². The van der Waals surface area contributed by atoms with Crippen LogP contribution in [0.25, 0.3) is 11.2 Å². The summed E-state index contributed by atoms with van der Waals surface area (Å²) < 4.78 is 1.67. The van der Waals surface area contributed by atoms with Gasteiger partial charge in [0.1, 0.15) is 5.82 Å². The minimum Gasteiger partial charge on any atom is -0.342 e. The highest BCUT2D eigenvalue weighted by Crippen LogP contribution is 2.26. The molecule has 0 spiro atoms. The third-order valence-corrected chi connectivity index (χ3v) is 7.47. The molecule has 1 aliphatic rings. The maximum absolute atomic E-state index is 13.1. The van der Waals surface area contributed by atoms with Gasteiger partial charge in [0.05, 0.1) is 13.0 Å². The number of thiophene rings is 1. The molecule has 182 valence electrons. The van der Waals surface area contributed by atoms with Crippen molar-refractivity contribution in [3.05, 3.63) is 74.0 Å². The van der Waals surface area contributed by atoms with Crippen molar-refractivity contribution in [2.75, 3.05) is 13.1 Å². The van der Waals surface area contributed by atoms with Crippen LogP contribution in [-0.2, 0) is 23.2 Å². The number of aromatic amines is 1. The third-order valence-electron chi connectivity index (χ3n) is 6.61. The molecule has 1 fully saturated rings. The lowest BCUT2D eigenvalue weighted by atomic mass is 9.86. The molecule has 8 nitrogen and oxygen atoms in total. The fourth-order valence-electron chi connectivity index (χ4n) is 4.57. The first-order valence-electron chi connectivity index (χ1n) is 12.0. The summed E-state index contributed by atoms with van der Waals surface area (Å²) in [4.78, 5) is 36.5. The molecule has 0 bridgehead atoms. The first kappa shape index (κ1) is 23.4. The lowest BCUT2D eigenvalue weighted by Gasteiger charge is -2.32. The quantitative estimate of drug-likeness (QED) is 0.458. The predicted molar refractivity (Wildman–Crippen MR) is 137 cm³/mol. The summed E-state index contributed by atoms with van der Waals surface area (Å²) in [6, 6.07) is 12.3. The highest BCUT2D eigenvalue weighted by molar-refractivity contribution is 7.09. The molecule has 1 aliphatic heterocycles. The van der Waals surface area contributed by atoms with E-state index in [0.717, 1.165) is 29.8 Å². The lowest BCUT2D eigenvalue weighted by molar-refractivity contribution is -0.131. The Balaban J connectivity index is 1.32. The number of rotatable bonds is 5. The SMILES string of the molecule is CC(C)(C)c1ccc(CC(=O)N2CCC[C@@H](c3nc4c(nnn4Cc4cccs4)c(=O)[nH]3)C2)cc1. The number of hydrogen-bond acceptors (Lipinski definition) is 6. The zero-order valence-electron chi connectivity index (χ0n) is 20.3. The van der Waals surface area contributed by atoms with Crippen LogP contribution < -0.4 is 5.56 Å². The van der Waals surface area contributed by atoms with Gasteiger partial charge < -0.3 is 9.88 Å². The second-order valence-corrected chi connectivity index (χ2v) is 11.3. The van der Waals surface area contributed by atoms with Crippen LogP contribution in [0.1, 0.15) is 61.4 Å². The molecule has 0 aliphatic carbocycles. The molecule has 35 heavy (non-hydrogen) atoms. The van der Waals surface area contributed by atoms with E-state index < -0.39 is 0 Å². The summed E-state index contributed by atoms with van der Waals surface area (Å²) in [7, 11) is 0. The predicted octanol–water partition coefficient (Wildman–Crippen LogP) is 3.87. The van der Waals surface area contributed by atoms with Crippen molar-refractivity contribution in [3.63, 3.8) is 0 Å². The second-order valence-electron chi connectivity index (χ2n) is 10.3. The van der Waals surface area contributed by atoms with Gasteiger partial charge in [0, 0.05) is 23.9 Å². The topological polar surface area (TPSA) is 96.8 Å². The van der Waals surface area contributed by atoms with Crippen LogP contribution in [0.3, 0.4) is 0 Å². The number of carbonyl (C=O) groups excluding carboxylic acids is 1. The van der Waals surface area contributed by atoms with Crippen LogP contribution in [0.2, 0.25) is 0 Å². The number of piperidine rings is 1.